The fourth-order valence-electron chi connectivity index (χ4n) is 1.80. The number of rotatable bonds is 4. The van der Waals surface area contributed by atoms with Crippen molar-refractivity contribution in [1.82, 2.24) is 0 Å². The maximum Gasteiger partial charge on any atom is 0.126 e. The fourth-order valence-corrected chi connectivity index (χ4v) is 1.80. The van der Waals surface area contributed by atoms with Crippen molar-refractivity contribution >= 4 is 6.29 Å². The van der Waals surface area contributed by atoms with Crippen LogP contribution >= 0.6 is 0 Å². The molecule has 0 bridgehead atoms. The molecule has 0 saturated heterocycles. The average Bonchev–Trinajstić information content (AvgIpc) is 2.39. The largest absolute Gasteiger partial charge is 0.303 e. The molecule has 2 aromatic rings. The summed E-state index contributed by atoms with van der Waals surface area (Å²) in [4.78, 5) is 10.3. The van der Waals surface area contributed by atoms with Crippen LogP contribution in [0.5, 0.6) is 0 Å². The smallest absolute Gasteiger partial charge is 0.126 e. The van der Waals surface area contributed by atoms with Gasteiger partial charge in [0, 0.05) is 6.42 Å². The quantitative estimate of drug-likeness (QED) is 0.750. The molecule has 0 radical (unpaired) electrons. The van der Waals surface area contributed by atoms with Crippen molar-refractivity contribution in [3.8, 4) is 11.1 Å². The summed E-state index contributed by atoms with van der Waals surface area (Å²) in [5.74, 6) is -0.621. The van der Waals surface area contributed by atoms with E-state index in [0.29, 0.717) is 18.4 Å². The number of aldehydes is 1. The lowest BCUT2D eigenvalue weighted by Gasteiger charge is -2.06. The number of hydrogen-bond acceptors (Lipinski definition) is 1. The standard InChI is InChI=1S/C15H12F2O/c16-14-6-3-11(4-7-14)12-5-8-15(17)13(10-12)2-1-9-18/h3-10H,1-2H2. The Kier molecular flexibility index (Phi) is 3.82. The first kappa shape index (κ1) is 12.4. The summed E-state index contributed by atoms with van der Waals surface area (Å²) in [5.41, 5.74) is 2.14. The zero-order valence-corrected chi connectivity index (χ0v) is 9.70. The van der Waals surface area contributed by atoms with Crippen molar-refractivity contribution in [2.75, 3.05) is 0 Å². The molecule has 0 saturated carbocycles. The maximum atomic E-state index is 13.5. The van der Waals surface area contributed by atoms with Crippen molar-refractivity contribution in [3.63, 3.8) is 0 Å². The normalized spacial score (nSPS) is 10.3. The van der Waals surface area contributed by atoms with Gasteiger partial charge in [-0.25, -0.2) is 8.78 Å². The third-order valence-electron chi connectivity index (χ3n) is 2.75. The second-order valence-corrected chi connectivity index (χ2v) is 4.02. The molecule has 0 aromatic heterocycles. The summed E-state index contributed by atoms with van der Waals surface area (Å²) in [6, 6.07) is 10.7. The predicted molar refractivity (Wildman–Crippen MR) is 66.2 cm³/mol. The third-order valence-corrected chi connectivity index (χ3v) is 2.75. The Labute approximate surface area is 104 Å². The second kappa shape index (κ2) is 5.54. The van der Waals surface area contributed by atoms with Crippen LogP contribution in [0, 0.1) is 11.6 Å². The van der Waals surface area contributed by atoms with Gasteiger partial charge >= 0.3 is 0 Å². The summed E-state index contributed by atoms with van der Waals surface area (Å²) in [7, 11) is 0. The molecule has 3 heteroatoms. The van der Waals surface area contributed by atoms with Gasteiger partial charge in [0.25, 0.3) is 0 Å². The van der Waals surface area contributed by atoms with Gasteiger partial charge in [-0.3, -0.25) is 0 Å². The SMILES string of the molecule is O=CCCc1cc(-c2ccc(F)cc2)ccc1F. The Morgan fingerprint density at radius 1 is 0.944 bits per heavy atom. The molecule has 0 unspecified atom stereocenters. The minimum atomic E-state index is -0.317. The van der Waals surface area contributed by atoms with Crippen LogP contribution in [0.1, 0.15) is 12.0 Å². The molecule has 18 heavy (non-hydrogen) atoms. The monoisotopic (exact) mass is 246 g/mol. The summed E-state index contributed by atoms with van der Waals surface area (Å²) >= 11 is 0. The van der Waals surface area contributed by atoms with E-state index in [1.807, 2.05) is 0 Å². The molecule has 0 aliphatic carbocycles. The Hall–Kier alpha value is -2.03. The van der Waals surface area contributed by atoms with Gasteiger partial charge in [0.2, 0.25) is 0 Å². The fraction of sp³-hybridized carbons (Fsp3) is 0.133. The van der Waals surface area contributed by atoms with Crippen molar-refractivity contribution in [2.24, 2.45) is 0 Å². The van der Waals surface area contributed by atoms with Crippen LogP contribution < -0.4 is 0 Å². The number of hydrogen-bond donors (Lipinski definition) is 0. The Bertz CT molecular complexity index is 547. The van der Waals surface area contributed by atoms with Crippen molar-refractivity contribution in [1.29, 1.82) is 0 Å². The number of benzene rings is 2. The van der Waals surface area contributed by atoms with Crippen LogP contribution in [0.15, 0.2) is 42.5 Å². The zero-order chi connectivity index (χ0) is 13.0. The Morgan fingerprint density at radius 3 is 2.28 bits per heavy atom. The lowest BCUT2D eigenvalue weighted by Crippen LogP contribution is -1.92. The van der Waals surface area contributed by atoms with Gasteiger partial charge in [0.05, 0.1) is 0 Å². The van der Waals surface area contributed by atoms with Crippen LogP contribution in [0.25, 0.3) is 11.1 Å². The molecule has 0 fully saturated rings. The molecule has 0 aliphatic heterocycles. The lowest BCUT2D eigenvalue weighted by atomic mass is 10.0. The Balaban J connectivity index is 2.33. The highest BCUT2D eigenvalue weighted by atomic mass is 19.1. The molecule has 0 aliphatic rings. The van der Waals surface area contributed by atoms with Crippen LogP contribution in [-0.2, 0) is 11.2 Å². The van der Waals surface area contributed by atoms with Gasteiger partial charge in [-0.1, -0.05) is 18.2 Å². The molecular weight excluding hydrogens is 234 g/mol. The first-order chi connectivity index (χ1) is 8.70. The number of carbonyl (C=O) groups is 1. The highest BCUT2D eigenvalue weighted by Crippen LogP contribution is 2.23. The highest BCUT2D eigenvalue weighted by molar-refractivity contribution is 5.64. The molecular formula is C15H12F2O. The molecule has 0 amide bonds. The maximum absolute atomic E-state index is 13.5. The van der Waals surface area contributed by atoms with Crippen molar-refractivity contribution < 1.29 is 13.6 Å². The topological polar surface area (TPSA) is 17.1 Å². The van der Waals surface area contributed by atoms with E-state index in [4.69, 9.17) is 0 Å². The van der Waals surface area contributed by atoms with Gasteiger partial charge in [0.1, 0.15) is 17.9 Å². The van der Waals surface area contributed by atoms with Crippen LogP contribution in [0.2, 0.25) is 0 Å². The lowest BCUT2D eigenvalue weighted by molar-refractivity contribution is -0.107. The predicted octanol–water partition coefficient (Wildman–Crippen LogP) is 3.76. The van der Waals surface area contributed by atoms with Crippen molar-refractivity contribution in [2.45, 2.75) is 12.8 Å². The van der Waals surface area contributed by atoms with Crippen LogP contribution in [0.4, 0.5) is 8.78 Å². The van der Waals surface area contributed by atoms with E-state index < -0.39 is 0 Å². The average molecular weight is 246 g/mol. The van der Waals surface area contributed by atoms with Gasteiger partial charge in [-0.05, 0) is 47.4 Å². The molecule has 1 nitrogen and oxygen atoms in total. The van der Waals surface area contributed by atoms with E-state index in [-0.39, 0.29) is 11.6 Å². The second-order valence-electron chi connectivity index (χ2n) is 4.02. The summed E-state index contributed by atoms with van der Waals surface area (Å²) in [5, 5.41) is 0. The molecule has 0 spiro atoms. The minimum absolute atomic E-state index is 0.295. The molecule has 92 valence electrons. The van der Waals surface area contributed by atoms with Crippen LogP contribution in [0.3, 0.4) is 0 Å². The van der Waals surface area contributed by atoms with Gasteiger partial charge in [-0.15, -0.1) is 0 Å². The number of carbonyl (C=O) groups excluding carboxylic acids is 1. The minimum Gasteiger partial charge on any atom is -0.303 e. The van der Waals surface area contributed by atoms with Gasteiger partial charge < -0.3 is 4.79 Å². The zero-order valence-electron chi connectivity index (χ0n) is 9.70. The summed E-state index contributed by atoms with van der Waals surface area (Å²) < 4.78 is 26.3. The molecule has 0 heterocycles. The number of halogens is 2. The summed E-state index contributed by atoms with van der Waals surface area (Å²) in [6.07, 6.45) is 1.44. The molecule has 0 atom stereocenters. The molecule has 0 N–H and O–H groups in total. The Morgan fingerprint density at radius 2 is 1.61 bits per heavy atom. The van der Waals surface area contributed by atoms with E-state index in [1.54, 1.807) is 24.3 Å². The number of aryl methyl sites for hydroxylation is 1. The van der Waals surface area contributed by atoms with E-state index >= 15 is 0 Å². The van der Waals surface area contributed by atoms with E-state index in [2.05, 4.69) is 0 Å². The summed E-state index contributed by atoms with van der Waals surface area (Å²) in [6.45, 7) is 0. The first-order valence-electron chi connectivity index (χ1n) is 5.68. The van der Waals surface area contributed by atoms with Crippen molar-refractivity contribution in [3.05, 3.63) is 59.7 Å². The van der Waals surface area contributed by atoms with E-state index in [9.17, 15) is 13.6 Å². The van der Waals surface area contributed by atoms with E-state index in [1.165, 1.54) is 18.2 Å². The van der Waals surface area contributed by atoms with E-state index in [0.717, 1.165) is 17.4 Å². The van der Waals surface area contributed by atoms with Gasteiger partial charge in [-0.2, -0.15) is 0 Å². The van der Waals surface area contributed by atoms with Crippen LogP contribution in [-0.4, -0.2) is 6.29 Å². The molecule has 2 rings (SSSR count). The highest BCUT2D eigenvalue weighted by Gasteiger charge is 2.05. The van der Waals surface area contributed by atoms with Gasteiger partial charge in [0.15, 0.2) is 0 Å². The third kappa shape index (κ3) is 2.80. The first-order valence-corrected chi connectivity index (χ1v) is 5.68. The molecule has 2 aromatic carbocycles.